The number of benzene rings is 2. The molecule has 4 rings (SSSR count). The minimum Gasteiger partial charge on any atom is -0.497 e. The highest BCUT2D eigenvalue weighted by atomic mass is 16.5. The van der Waals surface area contributed by atoms with Gasteiger partial charge in [0, 0.05) is 18.2 Å². The number of carbonyl (C=O) groups excluding carboxylic acids is 2. The van der Waals surface area contributed by atoms with Crippen LogP contribution in [0.1, 0.15) is 33.3 Å². The Bertz CT molecular complexity index is 1310. The summed E-state index contributed by atoms with van der Waals surface area (Å²) in [5.74, 6) is 0.291. The van der Waals surface area contributed by atoms with Crippen molar-refractivity contribution in [1.29, 1.82) is 0 Å². The molecule has 7 heteroatoms. The Morgan fingerprint density at radius 3 is 2.42 bits per heavy atom. The lowest BCUT2D eigenvalue weighted by Crippen LogP contribution is -2.15. The second kappa shape index (κ2) is 8.02. The van der Waals surface area contributed by atoms with Gasteiger partial charge in [0.2, 0.25) is 0 Å². The average Bonchev–Trinajstić information content (AvgIpc) is 3.07. The first-order valence-corrected chi connectivity index (χ1v) is 9.79. The van der Waals surface area contributed by atoms with Gasteiger partial charge in [-0.05, 0) is 56.3 Å². The number of nitrogens with zero attached hydrogens (tertiary/aromatic N) is 3. The van der Waals surface area contributed by atoms with Gasteiger partial charge in [-0.15, -0.1) is 0 Å². The van der Waals surface area contributed by atoms with Crippen LogP contribution in [-0.4, -0.2) is 33.6 Å². The van der Waals surface area contributed by atoms with Gasteiger partial charge >= 0.3 is 0 Å². The number of pyridine rings is 1. The zero-order valence-corrected chi connectivity index (χ0v) is 17.8. The standard InChI is InChI=1S/C24H22N4O3/c1-14-22-19(24(30)26-20-8-6-5-7-18(20)15(2)29)13-21(25-23(22)28(3)27-14)16-9-11-17(31-4)12-10-16/h5-13H,1-4H3,(H,26,30). The normalized spacial score (nSPS) is 10.8. The van der Waals surface area contributed by atoms with Crippen LogP contribution >= 0.6 is 0 Å². The summed E-state index contributed by atoms with van der Waals surface area (Å²) in [7, 11) is 3.41. The number of rotatable bonds is 5. The highest BCUT2D eigenvalue weighted by molar-refractivity contribution is 6.15. The van der Waals surface area contributed by atoms with Crippen molar-refractivity contribution in [3.05, 3.63) is 71.4 Å². The molecule has 31 heavy (non-hydrogen) atoms. The summed E-state index contributed by atoms with van der Waals surface area (Å²) in [6, 6.07) is 16.2. The number of nitrogens with one attached hydrogen (secondary N) is 1. The van der Waals surface area contributed by atoms with E-state index < -0.39 is 0 Å². The van der Waals surface area contributed by atoms with Crippen LogP contribution in [0.15, 0.2) is 54.6 Å². The van der Waals surface area contributed by atoms with Crippen LogP contribution in [0.2, 0.25) is 0 Å². The lowest BCUT2D eigenvalue weighted by atomic mass is 10.0. The summed E-state index contributed by atoms with van der Waals surface area (Å²) in [4.78, 5) is 30.0. The summed E-state index contributed by atoms with van der Waals surface area (Å²) in [6.45, 7) is 3.32. The summed E-state index contributed by atoms with van der Waals surface area (Å²) in [6.07, 6.45) is 0. The number of carbonyl (C=O) groups is 2. The summed E-state index contributed by atoms with van der Waals surface area (Å²) < 4.78 is 6.90. The molecule has 7 nitrogen and oxygen atoms in total. The van der Waals surface area contributed by atoms with Crippen LogP contribution in [0.4, 0.5) is 5.69 Å². The molecule has 0 aliphatic rings. The van der Waals surface area contributed by atoms with Crippen LogP contribution in [0.25, 0.3) is 22.3 Å². The molecule has 1 N–H and O–H groups in total. The summed E-state index contributed by atoms with van der Waals surface area (Å²) in [5, 5.41) is 8.02. The third kappa shape index (κ3) is 3.77. The minimum absolute atomic E-state index is 0.118. The first-order chi connectivity index (χ1) is 14.9. The predicted molar refractivity (Wildman–Crippen MR) is 120 cm³/mol. The fourth-order valence-corrected chi connectivity index (χ4v) is 3.62. The van der Waals surface area contributed by atoms with Crippen LogP contribution < -0.4 is 10.1 Å². The lowest BCUT2D eigenvalue weighted by Gasteiger charge is -2.12. The number of hydrogen-bond acceptors (Lipinski definition) is 5. The van der Waals surface area contributed by atoms with Crippen molar-refractivity contribution in [2.24, 2.45) is 7.05 Å². The number of fused-ring (bicyclic) bond motifs is 1. The molecule has 4 aromatic rings. The fourth-order valence-electron chi connectivity index (χ4n) is 3.62. The van der Waals surface area contributed by atoms with E-state index in [2.05, 4.69) is 10.4 Å². The highest BCUT2D eigenvalue weighted by Crippen LogP contribution is 2.29. The Balaban J connectivity index is 1.84. The lowest BCUT2D eigenvalue weighted by molar-refractivity contribution is 0.101. The number of Topliss-reactive ketones (excluding diaryl/α,β-unsaturated/α-hetero) is 1. The molecule has 0 spiro atoms. The van der Waals surface area contributed by atoms with E-state index in [1.54, 1.807) is 49.2 Å². The smallest absolute Gasteiger partial charge is 0.256 e. The van der Waals surface area contributed by atoms with E-state index in [0.29, 0.717) is 39.2 Å². The molecule has 0 bridgehead atoms. The number of para-hydroxylation sites is 1. The second-order valence-electron chi connectivity index (χ2n) is 7.25. The Morgan fingerprint density at radius 1 is 1.03 bits per heavy atom. The van der Waals surface area contributed by atoms with Crippen molar-refractivity contribution in [1.82, 2.24) is 14.8 Å². The number of aromatic nitrogens is 3. The van der Waals surface area contributed by atoms with E-state index in [4.69, 9.17) is 9.72 Å². The quantitative estimate of drug-likeness (QED) is 0.489. The third-order valence-corrected chi connectivity index (χ3v) is 5.15. The fraction of sp³-hybridized carbons (Fsp3) is 0.167. The van der Waals surface area contributed by atoms with Crippen LogP contribution in [-0.2, 0) is 7.05 Å². The van der Waals surface area contributed by atoms with Gasteiger partial charge in [0.05, 0.1) is 35.1 Å². The molecule has 0 unspecified atom stereocenters. The van der Waals surface area contributed by atoms with E-state index in [1.165, 1.54) is 6.92 Å². The van der Waals surface area contributed by atoms with Gasteiger partial charge in [-0.25, -0.2) is 4.98 Å². The van der Waals surface area contributed by atoms with Gasteiger partial charge in [0.15, 0.2) is 11.4 Å². The van der Waals surface area contributed by atoms with E-state index in [-0.39, 0.29) is 11.7 Å². The van der Waals surface area contributed by atoms with Gasteiger partial charge in [-0.1, -0.05) is 12.1 Å². The first kappa shape index (κ1) is 20.3. The SMILES string of the molecule is COc1ccc(-c2cc(C(=O)Nc3ccccc3C(C)=O)c3c(C)nn(C)c3n2)cc1. The number of anilines is 1. The zero-order chi connectivity index (χ0) is 22.1. The largest absolute Gasteiger partial charge is 0.497 e. The maximum Gasteiger partial charge on any atom is 0.256 e. The molecular formula is C24H22N4O3. The van der Waals surface area contributed by atoms with E-state index in [9.17, 15) is 9.59 Å². The molecule has 2 heterocycles. The van der Waals surface area contributed by atoms with Crippen molar-refractivity contribution in [2.45, 2.75) is 13.8 Å². The van der Waals surface area contributed by atoms with Gasteiger partial charge in [0.25, 0.3) is 5.91 Å². The predicted octanol–water partition coefficient (Wildman–Crippen LogP) is 4.41. The molecule has 1 amide bonds. The number of methoxy groups -OCH3 is 1. The molecule has 2 aromatic carbocycles. The number of ether oxygens (including phenoxy) is 1. The average molecular weight is 414 g/mol. The number of aryl methyl sites for hydroxylation is 2. The molecule has 0 saturated heterocycles. The molecule has 2 aromatic heterocycles. The number of hydrogen-bond donors (Lipinski definition) is 1. The van der Waals surface area contributed by atoms with E-state index in [0.717, 1.165) is 11.3 Å². The minimum atomic E-state index is -0.327. The van der Waals surface area contributed by atoms with Gasteiger partial charge < -0.3 is 10.1 Å². The Labute approximate surface area is 179 Å². The van der Waals surface area contributed by atoms with Crippen LogP contribution in [0.3, 0.4) is 0 Å². The van der Waals surface area contributed by atoms with Crippen molar-refractivity contribution in [2.75, 3.05) is 12.4 Å². The Morgan fingerprint density at radius 2 is 1.74 bits per heavy atom. The second-order valence-corrected chi connectivity index (χ2v) is 7.25. The Kier molecular flexibility index (Phi) is 5.25. The van der Waals surface area contributed by atoms with Crippen molar-refractivity contribution >= 4 is 28.4 Å². The van der Waals surface area contributed by atoms with Crippen molar-refractivity contribution < 1.29 is 14.3 Å². The zero-order valence-electron chi connectivity index (χ0n) is 17.8. The molecule has 156 valence electrons. The maximum atomic E-state index is 13.3. The molecule has 0 atom stereocenters. The van der Waals surface area contributed by atoms with E-state index >= 15 is 0 Å². The molecule has 0 saturated carbocycles. The van der Waals surface area contributed by atoms with E-state index in [1.807, 2.05) is 31.2 Å². The number of amides is 1. The summed E-state index contributed by atoms with van der Waals surface area (Å²) >= 11 is 0. The highest BCUT2D eigenvalue weighted by Gasteiger charge is 2.20. The van der Waals surface area contributed by atoms with Crippen molar-refractivity contribution in [3.63, 3.8) is 0 Å². The maximum absolute atomic E-state index is 13.3. The molecule has 0 radical (unpaired) electrons. The van der Waals surface area contributed by atoms with Gasteiger partial charge in [0.1, 0.15) is 5.75 Å². The Hall–Kier alpha value is -4.00. The third-order valence-electron chi connectivity index (χ3n) is 5.15. The van der Waals surface area contributed by atoms with Crippen LogP contribution in [0.5, 0.6) is 5.75 Å². The summed E-state index contributed by atoms with van der Waals surface area (Å²) in [5.41, 5.74) is 4.17. The first-order valence-electron chi connectivity index (χ1n) is 9.79. The van der Waals surface area contributed by atoms with Gasteiger partial charge in [-0.2, -0.15) is 5.10 Å². The molecular weight excluding hydrogens is 392 g/mol. The molecule has 0 fully saturated rings. The van der Waals surface area contributed by atoms with Crippen molar-refractivity contribution in [3.8, 4) is 17.0 Å². The van der Waals surface area contributed by atoms with Gasteiger partial charge in [-0.3, -0.25) is 14.3 Å². The molecule has 0 aliphatic heterocycles. The van der Waals surface area contributed by atoms with Crippen LogP contribution in [0, 0.1) is 6.92 Å². The monoisotopic (exact) mass is 414 g/mol. The number of ketones is 1. The topological polar surface area (TPSA) is 86.1 Å². The molecule has 0 aliphatic carbocycles.